The lowest BCUT2D eigenvalue weighted by Crippen LogP contribution is -2.40. The first-order chi connectivity index (χ1) is 14.8. The Morgan fingerprint density at radius 3 is 2.56 bits per heavy atom. The van der Waals surface area contributed by atoms with Crippen molar-refractivity contribution in [1.82, 2.24) is 4.98 Å². The zero-order valence-electron chi connectivity index (χ0n) is 16.4. The van der Waals surface area contributed by atoms with Crippen LogP contribution in [-0.4, -0.2) is 45.2 Å². The minimum Gasteiger partial charge on any atom is -0.491 e. The van der Waals surface area contributed by atoms with Crippen molar-refractivity contribution < 1.29 is 39.9 Å². The number of hydrogen-bond acceptors (Lipinski definition) is 6. The van der Waals surface area contributed by atoms with E-state index in [1.54, 1.807) is 0 Å². The van der Waals surface area contributed by atoms with Gasteiger partial charge in [-0.3, -0.25) is 4.79 Å². The fourth-order valence-corrected chi connectivity index (χ4v) is 3.90. The number of sulfonamides is 1. The molecule has 3 N–H and O–H groups in total. The van der Waals surface area contributed by atoms with Crippen LogP contribution >= 0.6 is 0 Å². The summed E-state index contributed by atoms with van der Waals surface area (Å²) in [6.45, 7) is -0.707. The number of nitrogens with one attached hydrogen (secondary N) is 1. The number of halogens is 5. The van der Waals surface area contributed by atoms with Gasteiger partial charge in [-0.1, -0.05) is 0 Å². The largest absolute Gasteiger partial charge is 0.491 e. The second-order valence-corrected chi connectivity index (χ2v) is 8.48. The van der Waals surface area contributed by atoms with Crippen molar-refractivity contribution in [2.24, 2.45) is 11.1 Å². The summed E-state index contributed by atoms with van der Waals surface area (Å²) in [4.78, 5) is 17.4. The molecule has 2 atom stereocenters. The number of carbonyl (C=O) groups excluding carboxylic acids is 1. The van der Waals surface area contributed by atoms with Gasteiger partial charge in [0.2, 0.25) is 11.7 Å². The number of alkyl halides is 3. The van der Waals surface area contributed by atoms with Crippen LogP contribution in [0.25, 0.3) is 0 Å². The van der Waals surface area contributed by atoms with E-state index in [4.69, 9.17) is 9.88 Å². The third kappa shape index (κ3) is 4.75. The first-order valence-corrected chi connectivity index (χ1v) is 10.5. The topological polar surface area (TPSA) is 115 Å². The Labute approximate surface area is 179 Å². The number of methoxy groups -OCH3 is 1. The van der Waals surface area contributed by atoms with Crippen molar-refractivity contribution in [3.63, 3.8) is 0 Å². The molecule has 174 valence electrons. The summed E-state index contributed by atoms with van der Waals surface area (Å²) >= 11 is 0. The van der Waals surface area contributed by atoms with Crippen LogP contribution in [0.5, 0.6) is 5.75 Å². The molecule has 2 unspecified atom stereocenters. The van der Waals surface area contributed by atoms with Crippen LogP contribution in [0.2, 0.25) is 0 Å². The number of carbonyl (C=O) groups is 1. The van der Waals surface area contributed by atoms with Crippen molar-refractivity contribution in [1.29, 1.82) is 0 Å². The average Bonchev–Trinajstić information content (AvgIpc) is 3.15. The average molecular weight is 480 g/mol. The number of hydrogen-bond donors (Lipinski definition) is 2. The molecule has 14 heteroatoms. The van der Waals surface area contributed by atoms with Crippen molar-refractivity contribution >= 4 is 27.3 Å². The zero-order chi connectivity index (χ0) is 23.8. The molecule has 0 spiro atoms. The molecular weight excluding hydrogens is 463 g/mol. The molecule has 0 saturated carbocycles. The highest BCUT2D eigenvalue weighted by atomic mass is 32.2. The number of nitrogens with two attached hydrogens (primary N) is 1. The molecule has 3 rings (SSSR count). The number of nitrogens with zero attached hydrogens (tertiary/aromatic N) is 2. The Kier molecular flexibility index (Phi) is 6.29. The molecule has 0 aliphatic carbocycles. The van der Waals surface area contributed by atoms with Gasteiger partial charge in [0.1, 0.15) is 6.04 Å². The van der Waals surface area contributed by atoms with Crippen molar-refractivity contribution in [3.05, 3.63) is 42.1 Å². The summed E-state index contributed by atoms with van der Waals surface area (Å²) in [6.07, 6.45) is -4.29. The molecule has 0 bridgehead atoms. The fraction of sp³-hybridized carbons (Fsp3) is 0.333. The second kappa shape index (κ2) is 8.50. The first kappa shape index (κ1) is 23.7. The van der Waals surface area contributed by atoms with E-state index >= 15 is 0 Å². The molecule has 1 amide bonds. The number of amides is 1. The highest BCUT2D eigenvalue weighted by Crippen LogP contribution is 2.43. The van der Waals surface area contributed by atoms with Crippen LogP contribution in [0, 0.1) is 17.6 Å². The first-order valence-electron chi connectivity index (χ1n) is 8.98. The predicted octanol–water partition coefficient (Wildman–Crippen LogP) is 2.41. The molecule has 1 saturated heterocycles. The molecule has 1 aliphatic heterocycles. The highest BCUT2D eigenvalue weighted by molar-refractivity contribution is 7.89. The molecular formula is C18H17F5N4O4S. The molecule has 1 aromatic heterocycles. The van der Waals surface area contributed by atoms with Crippen LogP contribution in [0.4, 0.5) is 33.3 Å². The third-order valence-corrected chi connectivity index (χ3v) is 5.71. The smallest absolute Gasteiger partial charge is 0.393 e. The van der Waals surface area contributed by atoms with Crippen molar-refractivity contribution in [3.8, 4) is 5.75 Å². The molecule has 8 nitrogen and oxygen atoms in total. The van der Waals surface area contributed by atoms with Crippen LogP contribution in [0.1, 0.15) is 6.42 Å². The summed E-state index contributed by atoms with van der Waals surface area (Å²) < 4.78 is 95.7. The standard InChI is InChI=1S/C18H17F5N4O4S/c1-31-16-12(3-2-11(19)15(16)20)27-8-9(18(21,22)23)6-13(27)17(28)26-10-4-5-25-14(7-10)32(24,29)30/h2-5,7,9,13H,6,8H2,1H3,(H2,24,29,30)(H,25,26,28). The Balaban J connectivity index is 1.97. The van der Waals surface area contributed by atoms with Gasteiger partial charge in [-0.25, -0.2) is 22.9 Å². The Morgan fingerprint density at radius 2 is 1.97 bits per heavy atom. The van der Waals surface area contributed by atoms with Gasteiger partial charge in [0.15, 0.2) is 16.6 Å². The predicted molar refractivity (Wildman–Crippen MR) is 102 cm³/mol. The van der Waals surface area contributed by atoms with Gasteiger partial charge < -0.3 is 15.0 Å². The van der Waals surface area contributed by atoms with Gasteiger partial charge in [-0.15, -0.1) is 0 Å². The van der Waals surface area contributed by atoms with E-state index < -0.39 is 69.4 Å². The summed E-state index contributed by atoms with van der Waals surface area (Å²) in [6, 6.07) is 2.43. The second-order valence-electron chi connectivity index (χ2n) is 6.97. The van der Waals surface area contributed by atoms with E-state index in [0.29, 0.717) is 6.07 Å². The van der Waals surface area contributed by atoms with E-state index in [1.165, 1.54) is 6.07 Å². The maximum absolute atomic E-state index is 14.2. The van der Waals surface area contributed by atoms with E-state index in [2.05, 4.69) is 10.3 Å². The van der Waals surface area contributed by atoms with Gasteiger partial charge in [-0.05, 0) is 24.6 Å². The maximum Gasteiger partial charge on any atom is 0.393 e. The maximum atomic E-state index is 14.2. The minimum absolute atomic E-state index is 0.0818. The number of aromatic nitrogens is 1. The quantitative estimate of drug-likeness (QED) is 0.636. The molecule has 0 radical (unpaired) electrons. The third-order valence-electron chi connectivity index (χ3n) is 4.90. The minimum atomic E-state index is -4.66. The lowest BCUT2D eigenvalue weighted by Gasteiger charge is -2.27. The van der Waals surface area contributed by atoms with Crippen LogP contribution in [0.15, 0.2) is 35.5 Å². The Morgan fingerprint density at radius 1 is 1.28 bits per heavy atom. The van der Waals surface area contributed by atoms with Gasteiger partial charge in [0.05, 0.1) is 18.7 Å². The Hall–Kier alpha value is -3.00. The van der Waals surface area contributed by atoms with Gasteiger partial charge in [0.25, 0.3) is 10.0 Å². The van der Waals surface area contributed by atoms with Crippen molar-refractivity contribution in [2.75, 3.05) is 23.9 Å². The summed E-state index contributed by atoms with van der Waals surface area (Å²) in [5.41, 5.74) is -0.320. The van der Waals surface area contributed by atoms with Crippen LogP contribution < -0.4 is 20.1 Å². The Bertz CT molecular complexity index is 1140. The molecule has 1 aromatic carbocycles. The number of rotatable bonds is 5. The number of anilines is 2. The van der Waals surface area contributed by atoms with Gasteiger partial charge in [0, 0.05) is 24.5 Å². The normalized spacial score (nSPS) is 19.2. The fourth-order valence-electron chi connectivity index (χ4n) is 3.40. The zero-order valence-corrected chi connectivity index (χ0v) is 17.2. The molecule has 32 heavy (non-hydrogen) atoms. The van der Waals surface area contributed by atoms with Gasteiger partial charge in [-0.2, -0.15) is 17.6 Å². The lowest BCUT2D eigenvalue weighted by atomic mass is 10.0. The van der Waals surface area contributed by atoms with E-state index in [0.717, 1.165) is 30.3 Å². The van der Waals surface area contributed by atoms with Crippen LogP contribution in [-0.2, 0) is 14.8 Å². The highest BCUT2D eigenvalue weighted by Gasteiger charge is 2.50. The molecule has 1 aliphatic rings. The SMILES string of the molecule is COc1c(N2CC(C(F)(F)F)CC2C(=O)Nc2ccnc(S(N)(=O)=O)c2)ccc(F)c1F. The number of pyridine rings is 1. The molecule has 2 aromatic rings. The molecule has 2 heterocycles. The lowest BCUT2D eigenvalue weighted by molar-refractivity contribution is -0.168. The van der Waals surface area contributed by atoms with Gasteiger partial charge >= 0.3 is 6.18 Å². The summed E-state index contributed by atoms with van der Waals surface area (Å²) in [7, 11) is -3.18. The van der Waals surface area contributed by atoms with E-state index in [1.807, 2.05) is 0 Å². The summed E-state index contributed by atoms with van der Waals surface area (Å²) in [5, 5.41) is 6.74. The monoisotopic (exact) mass is 480 g/mol. The van der Waals surface area contributed by atoms with Crippen molar-refractivity contribution in [2.45, 2.75) is 23.7 Å². The molecule has 1 fully saturated rings. The summed E-state index contributed by atoms with van der Waals surface area (Å²) in [5.74, 6) is -6.20. The number of benzene rings is 1. The number of ether oxygens (including phenoxy) is 1. The number of primary sulfonamides is 1. The van der Waals surface area contributed by atoms with E-state index in [-0.39, 0.29) is 11.4 Å². The van der Waals surface area contributed by atoms with E-state index in [9.17, 15) is 35.2 Å². The van der Waals surface area contributed by atoms with Crippen LogP contribution in [0.3, 0.4) is 0 Å².